The minimum atomic E-state index is -3.46. The summed E-state index contributed by atoms with van der Waals surface area (Å²) in [7, 11) is -3.46. The Hall–Kier alpha value is -1.31. The van der Waals surface area contributed by atoms with Crippen molar-refractivity contribution in [1.29, 1.82) is 0 Å². The van der Waals surface area contributed by atoms with Crippen LogP contribution in [-0.4, -0.2) is 50.8 Å². The maximum absolute atomic E-state index is 12.6. The van der Waals surface area contributed by atoms with Gasteiger partial charge in [-0.1, -0.05) is 11.6 Å². The van der Waals surface area contributed by atoms with Crippen LogP contribution in [0.3, 0.4) is 0 Å². The molecule has 1 aromatic carbocycles. The summed E-state index contributed by atoms with van der Waals surface area (Å²) in [6, 6.07) is 4.55. The number of rotatable bonds is 3. The number of halogens is 1. The molecule has 0 spiro atoms. The quantitative estimate of drug-likeness (QED) is 0.907. The highest BCUT2D eigenvalue weighted by atomic mass is 35.5. The maximum Gasteiger partial charge on any atom is 0.254 e. The number of anilines is 1. The molecule has 6 nitrogen and oxygen atoms in total. The van der Waals surface area contributed by atoms with Crippen LogP contribution in [0, 0.1) is 0 Å². The van der Waals surface area contributed by atoms with E-state index in [-0.39, 0.29) is 28.8 Å². The first-order chi connectivity index (χ1) is 10.2. The molecule has 1 heterocycles. The van der Waals surface area contributed by atoms with Gasteiger partial charge in [-0.15, -0.1) is 0 Å². The molecule has 1 amide bonds. The minimum absolute atomic E-state index is 0.0337. The van der Waals surface area contributed by atoms with Crippen LogP contribution in [0.1, 0.15) is 24.2 Å². The lowest BCUT2D eigenvalue weighted by Gasteiger charge is -2.35. The second-order valence-electron chi connectivity index (χ2n) is 5.54. The smallest absolute Gasteiger partial charge is 0.254 e. The molecule has 122 valence electrons. The Bertz CT molecular complexity index is 667. The van der Waals surface area contributed by atoms with E-state index in [1.165, 1.54) is 12.1 Å². The lowest BCUT2D eigenvalue weighted by Crippen LogP contribution is -2.48. The van der Waals surface area contributed by atoms with E-state index in [4.69, 9.17) is 16.3 Å². The molecule has 0 aromatic heterocycles. The molecule has 1 saturated heterocycles. The second-order valence-corrected chi connectivity index (χ2v) is 7.69. The third kappa shape index (κ3) is 4.34. The Morgan fingerprint density at radius 3 is 2.45 bits per heavy atom. The van der Waals surface area contributed by atoms with Gasteiger partial charge in [0.25, 0.3) is 5.91 Å². The van der Waals surface area contributed by atoms with Crippen molar-refractivity contribution in [1.82, 2.24) is 4.90 Å². The number of nitrogens with zero attached hydrogens (tertiary/aromatic N) is 1. The van der Waals surface area contributed by atoms with E-state index in [0.29, 0.717) is 18.7 Å². The fourth-order valence-corrected chi connectivity index (χ4v) is 3.25. The molecule has 1 N–H and O–H groups in total. The summed E-state index contributed by atoms with van der Waals surface area (Å²) in [4.78, 5) is 14.3. The fraction of sp³-hybridized carbons (Fsp3) is 0.500. The van der Waals surface area contributed by atoms with Crippen LogP contribution in [-0.2, 0) is 14.8 Å². The molecular weight excluding hydrogens is 328 g/mol. The SMILES string of the molecule is C[C@@H]1CN(C(=O)c2ccc(Cl)c(NS(C)(=O)=O)c2)C[C@H](C)O1. The lowest BCUT2D eigenvalue weighted by atomic mass is 10.1. The van der Waals surface area contributed by atoms with Crippen molar-refractivity contribution in [3.63, 3.8) is 0 Å². The molecule has 0 radical (unpaired) electrons. The summed E-state index contributed by atoms with van der Waals surface area (Å²) in [6.07, 6.45) is 0.964. The summed E-state index contributed by atoms with van der Waals surface area (Å²) in [5.41, 5.74) is 0.584. The summed E-state index contributed by atoms with van der Waals surface area (Å²) < 4.78 is 30.6. The highest BCUT2D eigenvalue weighted by Crippen LogP contribution is 2.25. The van der Waals surface area contributed by atoms with Gasteiger partial charge in [0, 0.05) is 18.7 Å². The number of hydrogen-bond donors (Lipinski definition) is 1. The first-order valence-corrected chi connectivity index (χ1v) is 9.14. The van der Waals surface area contributed by atoms with E-state index >= 15 is 0 Å². The number of hydrogen-bond acceptors (Lipinski definition) is 4. The first kappa shape index (κ1) is 17.1. The molecule has 0 aliphatic carbocycles. The van der Waals surface area contributed by atoms with Crippen LogP contribution >= 0.6 is 11.6 Å². The molecule has 1 aliphatic heterocycles. The van der Waals surface area contributed by atoms with E-state index in [9.17, 15) is 13.2 Å². The van der Waals surface area contributed by atoms with E-state index in [2.05, 4.69) is 4.72 Å². The highest BCUT2D eigenvalue weighted by Gasteiger charge is 2.27. The van der Waals surface area contributed by atoms with Gasteiger partial charge in [-0.25, -0.2) is 8.42 Å². The third-order valence-electron chi connectivity index (χ3n) is 3.22. The van der Waals surface area contributed by atoms with Crippen molar-refractivity contribution in [2.45, 2.75) is 26.1 Å². The van der Waals surface area contributed by atoms with Crippen LogP contribution in [0.2, 0.25) is 5.02 Å². The Morgan fingerprint density at radius 1 is 1.32 bits per heavy atom. The predicted octanol–water partition coefficient (Wildman–Crippen LogP) is 1.96. The van der Waals surface area contributed by atoms with Gasteiger partial charge in [0.15, 0.2) is 0 Å². The van der Waals surface area contributed by atoms with Gasteiger partial charge in [-0.2, -0.15) is 0 Å². The van der Waals surface area contributed by atoms with Crippen LogP contribution < -0.4 is 4.72 Å². The molecular formula is C14H19ClN2O4S. The van der Waals surface area contributed by atoms with Crippen molar-refractivity contribution in [3.05, 3.63) is 28.8 Å². The number of carbonyl (C=O) groups excluding carboxylic acids is 1. The van der Waals surface area contributed by atoms with Crippen molar-refractivity contribution < 1.29 is 17.9 Å². The molecule has 1 aliphatic rings. The van der Waals surface area contributed by atoms with Gasteiger partial charge in [0.1, 0.15) is 0 Å². The normalized spacial score (nSPS) is 22.5. The van der Waals surface area contributed by atoms with Crippen LogP contribution in [0.5, 0.6) is 0 Å². The standard InChI is InChI=1S/C14H19ClN2O4S/c1-9-7-17(8-10(2)21-9)14(18)11-4-5-12(15)13(6-11)16-22(3,19)20/h4-6,9-10,16H,7-8H2,1-3H3/t9-,10+. The van der Waals surface area contributed by atoms with Crippen molar-refractivity contribution in [3.8, 4) is 0 Å². The van der Waals surface area contributed by atoms with E-state index < -0.39 is 10.0 Å². The largest absolute Gasteiger partial charge is 0.372 e. The number of morpholine rings is 1. The predicted molar refractivity (Wildman–Crippen MR) is 85.8 cm³/mol. The average molecular weight is 347 g/mol. The van der Waals surface area contributed by atoms with Crippen LogP contribution in [0.25, 0.3) is 0 Å². The van der Waals surface area contributed by atoms with Crippen LogP contribution in [0.4, 0.5) is 5.69 Å². The number of amides is 1. The summed E-state index contributed by atoms with van der Waals surface area (Å²) in [5.74, 6) is -0.171. The Labute approximate surface area is 135 Å². The van der Waals surface area contributed by atoms with Crippen LogP contribution in [0.15, 0.2) is 18.2 Å². The minimum Gasteiger partial charge on any atom is -0.372 e. The Kier molecular flexibility index (Phi) is 4.99. The third-order valence-corrected chi connectivity index (χ3v) is 4.14. The molecule has 1 fully saturated rings. The number of sulfonamides is 1. The summed E-state index contributed by atoms with van der Waals surface area (Å²) >= 11 is 5.97. The maximum atomic E-state index is 12.6. The van der Waals surface area contributed by atoms with E-state index in [1.54, 1.807) is 11.0 Å². The fourth-order valence-electron chi connectivity index (χ4n) is 2.46. The Morgan fingerprint density at radius 2 is 1.91 bits per heavy atom. The van der Waals surface area contributed by atoms with Crippen molar-refractivity contribution >= 4 is 33.2 Å². The van der Waals surface area contributed by atoms with Gasteiger partial charge >= 0.3 is 0 Å². The molecule has 0 unspecified atom stereocenters. The molecule has 2 rings (SSSR count). The van der Waals surface area contributed by atoms with Gasteiger partial charge in [-0.05, 0) is 32.0 Å². The summed E-state index contributed by atoms with van der Waals surface area (Å²) in [6.45, 7) is 4.82. The highest BCUT2D eigenvalue weighted by molar-refractivity contribution is 7.92. The average Bonchev–Trinajstić information content (AvgIpc) is 2.38. The number of ether oxygens (including phenoxy) is 1. The topological polar surface area (TPSA) is 75.7 Å². The molecule has 1 aromatic rings. The monoisotopic (exact) mass is 346 g/mol. The van der Waals surface area contributed by atoms with Gasteiger partial charge in [-0.3, -0.25) is 9.52 Å². The second kappa shape index (κ2) is 6.44. The first-order valence-electron chi connectivity index (χ1n) is 6.88. The zero-order valence-corrected chi connectivity index (χ0v) is 14.2. The van der Waals surface area contributed by atoms with Gasteiger partial charge in [0.05, 0.1) is 29.2 Å². The van der Waals surface area contributed by atoms with Gasteiger partial charge in [0.2, 0.25) is 10.0 Å². The number of benzene rings is 1. The lowest BCUT2D eigenvalue weighted by molar-refractivity contribution is -0.0586. The molecule has 8 heteroatoms. The zero-order valence-electron chi connectivity index (χ0n) is 12.7. The molecule has 0 bridgehead atoms. The number of nitrogens with one attached hydrogen (secondary N) is 1. The molecule has 22 heavy (non-hydrogen) atoms. The Balaban J connectivity index is 2.25. The van der Waals surface area contributed by atoms with Gasteiger partial charge < -0.3 is 9.64 Å². The van der Waals surface area contributed by atoms with Crippen molar-refractivity contribution in [2.24, 2.45) is 0 Å². The zero-order chi connectivity index (χ0) is 16.5. The number of carbonyl (C=O) groups is 1. The molecule has 0 saturated carbocycles. The van der Waals surface area contributed by atoms with E-state index in [1.807, 2.05) is 13.8 Å². The van der Waals surface area contributed by atoms with E-state index in [0.717, 1.165) is 6.26 Å². The van der Waals surface area contributed by atoms with Crippen molar-refractivity contribution in [2.75, 3.05) is 24.1 Å². The summed E-state index contributed by atoms with van der Waals surface area (Å²) in [5, 5.41) is 0.241. The molecule has 2 atom stereocenters.